The lowest BCUT2D eigenvalue weighted by atomic mass is 9.94. The Morgan fingerprint density at radius 2 is 1.61 bits per heavy atom. The molecule has 0 saturated heterocycles. The Morgan fingerprint density at radius 1 is 1.04 bits per heavy atom. The highest BCUT2D eigenvalue weighted by atomic mass is 32.1. The van der Waals surface area contributed by atoms with Crippen molar-refractivity contribution in [1.82, 2.24) is 5.32 Å². The van der Waals surface area contributed by atoms with Crippen LogP contribution in [0.4, 0.5) is 0 Å². The Labute approximate surface area is 139 Å². The van der Waals surface area contributed by atoms with Crippen molar-refractivity contribution < 1.29 is 14.7 Å². The van der Waals surface area contributed by atoms with Crippen LogP contribution in [0.2, 0.25) is 0 Å². The lowest BCUT2D eigenvalue weighted by Gasteiger charge is -2.26. The van der Waals surface area contributed by atoms with E-state index in [1.165, 1.54) is 0 Å². The Hall–Kier alpha value is -2.27. The number of carbonyl (C=O) groups is 2. The van der Waals surface area contributed by atoms with Gasteiger partial charge in [0, 0.05) is 24.2 Å². The van der Waals surface area contributed by atoms with Crippen molar-refractivity contribution in [2.24, 2.45) is 0 Å². The van der Waals surface area contributed by atoms with Crippen LogP contribution < -0.4 is 5.32 Å². The number of carboxylic acid groups (broad SMARTS) is 1. The van der Waals surface area contributed by atoms with Crippen molar-refractivity contribution in [2.45, 2.75) is 24.1 Å². The topological polar surface area (TPSA) is 66.4 Å². The first-order valence-electron chi connectivity index (χ1n) is 7.37. The molecular weight excluding hydrogens is 310 g/mol. The molecular formula is C18H17NO3S. The quantitative estimate of drug-likeness (QED) is 0.756. The maximum atomic E-state index is 12.6. The number of hydrogen-bond acceptors (Lipinski definition) is 3. The molecule has 1 aliphatic carbocycles. The summed E-state index contributed by atoms with van der Waals surface area (Å²) in [7, 11) is 0. The molecule has 2 aromatic rings. The number of thiol groups is 1. The monoisotopic (exact) mass is 327 g/mol. The zero-order valence-electron chi connectivity index (χ0n) is 12.5. The van der Waals surface area contributed by atoms with Gasteiger partial charge in [0.15, 0.2) is 0 Å². The molecule has 2 N–H and O–H groups in total. The standard InChI is InChI=1S/C18H17NO3S/c20-16(15-8-4-3-7-14(15)11-23)19-18(17(21)22)9-12-5-1-2-6-13(12)10-18/h1-8,23H,9-11H2,(H,19,20)(H,21,22). The molecule has 23 heavy (non-hydrogen) atoms. The molecule has 4 nitrogen and oxygen atoms in total. The number of carbonyl (C=O) groups excluding carboxylic acids is 1. The third kappa shape index (κ3) is 2.84. The van der Waals surface area contributed by atoms with Gasteiger partial charge in [-0.3, -0.25) is 4.79 Å². The fraction of sp³-hybridized carbons (Fsp3) is 0.222. The van der Waals surface area contributed by atoms with Crippen LogP contribution in [-0.4, -0.2) is 22.5 Å². The van der Waals surface area contributed by atoms with Gasteiger partial charge in [0.05, 0.1) is 0 Å². The van der Waals surface area contributed by atoms with Crippen LogP contribution in [0.3, 0.4) is 0 Å². The third-order valence-electron chi connectivity index (χ3n) is 4.30. The normalized spacial score (nSPS) is 15.0. The largest absolute Gasteiger partial charge is 0.479 e. The van der Waals surface area contributed by atoms with Crippen LogP contribution in [0, 0.1) is 0 Å². The lowest BCUT2D eigenvalue weighted by Crippen LogP contribution is -2.55. The van der Waals surface area contributed by atoms with Crippen LogP contribution in [0.1, 0.15) is 27.0 Å². The summed E-state index contributed by atoms with van der Waals surface area (Å²) in [6.07, 6.45) is 0.598. The molecule has 2 aromatic carbocycles. The van der Waals surface area contributed by atoms with Crippen LogP contribution in [-0.2, 0) is 23.4 Å². The van der Waals surface area contributed by atoms with E-state index in [2.05, 4.69) is 17.9 Å². The molecule has 0 fully saturated rings. The molecule has 0 saturated carbocycles. The maximum Gasteiger partial charge on any atom is 0.330 e. The van der Waals surface area contributed by atoms with E-state index in [4.69, 9.17) is 0 Å². The van der Waals surface area contributed by atoms with Crippen LogP contribution in [0.25, 0.3) is 0 Å². The van der Waals surface area contributed by atoms with E-state index in [1.54, 1.807) is 12.1 Å². The number of carboxylic acids is 1. The van der Waals surface area contributed by atoms with E-state index >= 15 is 0 Å². The van der Waals surface area contributed by atoms with E-state index < -0.39 is 11.5 Å². The van der Waals surface area contributed by atoms with Crippen LogP contribution in [0.15, 0.2) is 48.5 Å². The van der Waals surface area contributed by atoms with E-state index in [1.807, 2.05) is 36.4 Å². The first kappa shape index (κ1) is 15.6. The molecule has 0 spiro atoms. The summed E-state index contributed by atoms with van der Waals surface area (Å²) in [5, 5.41) is 12.5. The van der Waals surface area contributed by atoms with Gasteiger partial charge < -0.3 is 10.4 Å². The highest BCUT2D eigenvalue weighted by molar-refractivity contribution is 7.79. The minimum atomic E-state index is -1.29. The SMILES string of the molecule is O=C(NC1(C(=O)O)Cc2ccccc2C1)c1ccccc1CS. The second-order valence-electron chi connectivity index (χ2n) is 5.78. The van der Waals surface area contributed by atoms with Crippen LogP contribution >= 0.6 is 12.6 Å². The first-order valence-corrected chi connectivity index (χ1v) is 8.00. The maximum absolute atomic E-state index is 12.6. The fourth-order valence-electron chi connectivity index (χ4n) is 3.07. The van der Waals surface area contributed by atoms with Gasteiger partial charge in [0.25, 0.3) is 5.91 Å². The van der Waals surface area contributed by atoms with Gasteiger partial charge in [-0.2, -0.15) is 12.6 Å². The summed E-state index contributed by atoms with van der Waals surface area (Å²) >= 11 is 4.23. The molecule has 0 bridgehead atoms. The smallest absolute Gasteiger partial charge is 0.330 e. The molecule has 0 unspecified atom stereocenters. The Bertz CT molecular complexity index is 747. The molecule has 0 aromatic heterocycles. The number of nitrogens with one attached hydrogen (secondary N) is 1. The summed E-state index contributed by atoms with van der Waals surface area (Å²) in [6, 6.07) is 14.7. The van der Waals surface area contributed by atoms with Gasteiger partial charge in [0.1, 0.15) is 5.54 Å². The van der Waals surface area contributed by atoms with Crippen molar-refractivity contribution in [3.63, 3.8) is 0 Å². The second-order valence-corrected chi connectivity index (χ2v) is 6.10. The Kier molecular flexibility index (Phi) is 4.13. The van der Waals surface area contributed by atoms with Gasteiger partial charge in [-0.25, -0.2) is 4.79 Å². The summed E-state index contributed by atoms with van der Waals surface area (Å²) in [5.74, 6) is -0.959. The molecule has 0 heterocycles. The van der Waals surface area contributed by atoms with Crippen molar-refractivity contribution in [2.75, 3.05) is 0 Å². The molecule has 0 radical (unpaired) electrons. The molecule has 0 aliphatic heterocycles. The third-order valence-corrected chi connectivity index (χ3v) is 4.64. The number of fused-ring (bicyclic) bond motifs is 1. The second kappa shape index (κ2) is 6.08. The van der Waals surface area contributed by atoms with E-state index in [9.17, 15) is 14.7 Å². The average Bonchev–Trinajstić information content (AvgIpc) is 2.94. The van der Waals surface area contributed by atoms with Gasteiger partial charge in [-0.1, -0.05) is 42.5 Å². The lowest BCUT2D eigenvalue weighted by molar-refractivity contribution is -0.144. The molecule has 118 valence electrons. The summed E-state index contributed by atoms with van der Waals surface area (Å²) < 4.78 is 0. The van der Waals surface area contributed by atoms with Crippen LogP contribution in [0.5, 0.6) is 0 Å². The number of amides is 1. The predicted octanol–water partition coefficient (Wildman–Crippen LogP) is 2.47. The molecule has 1 amide bonds. The van der Waals surface area contributed by atoms with Crippen molar-refractivity contribution >= 4 is 24.5 Å². The number of rotatable bonds is 4. The summed E-state index contributed by atoms with van der Waals surface area (Å²) in [5.41, 5.74) is 1.91. The molecule has 3 rings (SSSR count). The number of benzene rings is 2. The zero-order valence-corrected chi connectivity index (χ0v) is 13.3. The van der Waals surface area contributed by atoms with Crippen molar-refractivity contribution in [1.29, 1.82) is 0 Å². The summed E-state index contributed by atoms with van der Waals surface area (Å²) in [4.78, 5) is 24.5. The fourth-order valence-corrected chi connectivity index (χ4v) is 3.35. The van der Waals surface area contributed by atoms with E-state index in [0.717, 1.165) is 16.7 Å². The number of aliphatic carboxylic acids is 1. The van der Waals surface area contributed by atoms with Gasteiger partial charge in [0.2, 0.25) is 0 Å². The van der Waals surface area contributed by atoms with Gasteiger partial charge in [-0.15, -0.1) is 0 Å². The van der Waals surface area contributed by atoms with Gasteiger partial charge in [-0.05, 0) is 22.8 Å². The van der Waals surface area contributed by atoms with Crippen molar-refractivity contribution in [3.05, 3.63) is 70.8 Å². The molecule has 5 heteroatoms. The molecule has 1 aliphatic rings. The van der Waals surface area contributed by atoms with E-state index in [-0.39, 0.29) is 5.91 Å². The Morgan fingerprint density at radius 3 is 2.17 bits per heavy atom. The minimum absolute atomic E-state index is 0.299. The predicted molar refractivity (Wildman–Crippen MR) is 90.8 cm³/mol. The van der Waals surface area contributed by atoms with Crippen molar-refractivity contribution in [3.8, 4) is 0 Å². The highest BCUT2D eigenvalue weighted by Gasteiger charge is 2.45. The molecule has 0 atom stereocenters. The van der Waals surface area contributed by atoms with E-state index in [0.29, 0.717) is 24.2 Å². The average molecular weight is 327 g/mol. The first-order chi connectivity index (χ1) is 11.1. The Balaban J connectivity index is 1.90. The number of hydrogen-bond donors (Lipinski definition) is 3. The highest BCUT2D eigenvalue weighted by Crippen LogP contribution is 2.31. The van der Waals surface area contributed by atoms with Gasteiger partial charge >= 0.3 is 5.97 Å². The zero-order chi connectivity index (χ0) is 16.4. The summed E-state index contributed by atoms with van der Waals surface area (Å²) in [6.45, 7) is 0. The minimum Gasteiger partial charge on any atom is -0.479 e.